The topological polar surface area (TPSA) is 55.1 Å². The predicted octanol–water partition coefficient (Wildman–Crippen LogP) is 2.58. The summed E-state index contributed by atoms with van der Waals surface area (Å²) in [5.74, 6) is -0.931. The van der Waals surface area contributed by atoms with Gasteiger partial charge in [-0.15, -0.1) is 0 Å². The molecule has 0 saturated heterocycles. The Bertz CT molecular complexity index is 603. The number of carboxylic acid groups (broad SMARTS) is 1. The fraction of sp³-hybridized carbons (Fsp3) is 0.231. The van der Waals surface area contributed by atoms with E-state index in [1.165, 1.54) is 4.68 Å². The molecule has 1 aromatic heterocycles. The van der Waals surface area contributed by atoms with Crippen molar-refractivity contribution in [3.63, 3.8) is 0 Å². The average Bonchev–Trinajstić information content (AvgIpc) is 2.79. The predicted molar refractivity (Wildman–Crippen MR) is 64.1 cm³/mol. The number of halogens is 3. The maximum absolute atomic E-state index is 12.4. The molecule has 1 aromatic carbocycles. The minimum absolute atomic E-state index is 0.0831. The summed E-state index contributed by atoms with van der Waals surface area (Å²) >= 11 is 0. The molecule has 0 fully saturated rings. The quantitative estimate of drug-likeness (QED) is 0.938. The van der Waals surface area contributed by atoms with Crippen LogP contribution in [0.5, 0.6) is 0 Å². The molecule has 0 atom stereocenters. The fourth-order valence-corrected chi connectivity index (χ4v) is 1.72. The molecule has 2 rings (SSSR count). The molecule has 0 aliphatic carbocycles. The molecule has 0 saturated carbocycles. The number of aliphatic carboxylic acids is 1. The average molecular weight is 284 g/mol. The third kappa shape index (κ3) is 3.59. The summed E-state index contributed by atoms with van der Waals surface area (Å²) in [5, 5.41) is 12.3. The number of carbonyl (C=O) groups is 1. The summed E-state index contributed by atoms with van der Waals surface area (Å²) in [7, 11) is 0. The first kappa shape index (κ1) is 14.1. The molecule has 106 valence electrons. The largest absolute Gasteiger partial charge is 0.481 e. The van der Waals surface area contributed by atoms with Crippen molar-refractivity contribution in [3.8, 4) is 0 Å². The van der Waals surface area contributed by atoms with Gasteiger partial charge in [0.2, 0.25) is 0 Å². The molecule has 2 aromatic rings. The summed E-state index contributed by atoms with van der Waals surface area (Å²) in [5.41, 5.74) is 0.591. The molecule has 0 bridgehead atoms. The van der Waals surface area contributed by atoms with Crippen LogP contribution in [0.3, 0.4) is 0 Å². The van der Waals surface area contributed by atoms with Gasteiger partial charge >= 0.3 is 12.1 Å². The van der Waals surface area contributed by atoms with Crippen molar-refractivity contribution >= 4 is 5.97 Å². The van der Waals surface area contributed by atoms with Gasteiger partial charge in [0, 0.05) is 6.20 Å². The first-order chi connectivity index (χ1) is 9.34. The number of alkyl halides is 3. The van der Waals surface area contributed by atoms with Crippen LogP contribution in [0.1, 0.15) is 16.7 Å². The molecule has 0 spiro atoms. The van der Waals surface area contributed by atoms with Gasteiger partial charge in [-0.2, -0.15) is 18.3 Å². The SMILES string of the molecule is O=C(O)Cc1ccc(Cn2cc(C(F)(F)F)cn2)cc1. The van der Waals surface area contributed by atoms with Gasteiger partial charge < -0.3 is 5.11 Å². The highest BCUT2D eigenvalue weighted by molar-refractivity contribution is 5.70. The lowest BCUT2D eigenvalue weighted by Crippen LogP contribution is -2.04. The number of aromatic nitrogens is 2. The lowest BCUT2D eigenvalue weighted by atomic mass is 10.1. The van der Waals surface area contributed by atoms with Crippen molar-refractivity contribution in [3.05, 3.63) is 53.3 Å². The third-order valence-electron chi connectivity index (χ3n) is 2.68. The maximum Gasteiger partial charge on any atom is 0.419 e. The van der Waals surface area contributed by atoms with Crippen molar-refractivity contribution in [1.82, 2.24) is 9.78 Å². The summed E-state index contributed by atoms with van der Waals surface area (Å²) in [4.78, 5) is 10.5. The molecule has 1 heterocycles. The monoisotopic (exact) mass is 284 g/mol. The van der Waals surface area contributed by atoms with E-state index in [9.17, 15) is 18.0 Å². The van der Waals surface area contributed by atoms with Crippen molar-refractivity contribution in [2.24, 2.45) is 0 Å². The second-order valence-corrected chi connectivity index (χ2v) is 4.31. The Morgan fingerprint density at radius 2 is 1.80 bits per heavy atom. The van der Waals surface area contributed by atoms with Crippen LogP contribution < -0.4 is 0 Å². The van der Waals surface area contributed by atoms with Gasteiger partial charge in [-0.25, -0.2) is 0 Å². The van der Waals surface area contributed by atoms with Gasteiger partial charge in [-0.3, -0.25) is 9.48 Å². The van der Waals surface area contributed by atoms with E-state index in [0.717, 1.165) is 18.0 Å². The molecule has 0 radical (unpaired) electrons. The number of rotatable bonds is 4. The second kappa shape index (κ2) is 5.36. The lowest BCUT2D eigenvalue weighted by Gasteiger charge is -2.04. The van der Waals surface area contributed by atoms with Gasteiger partial charge in [0.05, 0.1) is 24.7 Å². The van der Waals surface area contributed by atoms with Crippen molar-refractivity contribution in [1.29, 1.82) is 0 Å². The van der Waals surface area contributed by atoms with Gasteiger partial charge in [-0.05, 0) is 11.1 Å². The zero-order valence-electron chi connectivity index (χ0n) is 10.3. The van der Waals surface area contributed by atoms with Crippen LogP contribution in [0.25, 0.3) is 0 Å². The van der Waals surface area contributed by atoms with E-state index in [2.05, 4.69) is 5.10 Å². The van der Waals surface area contributed by atoms with Gasteiger partial charge in [0.25, 0.3) is 0 Å². The molecule has 1 N–H and O–H groups in total. The molecular formula is C13H11F3N2O2. The van der Waals surface area contributed by atoms with E-state index in [1.54, 1.807) is 24.3 Å². The van der Waals surface area contributed by atoms with Crippen molar-refractivity contribution in [2.75, 3.05) is 0 Å². The number of hydrogen-bond donors (Lipinski definition) is 1. The van der Waals surface area contributed by atoms with Crippen LogP contribution >= 0.6 is 0 Å². The first-order valence-corrected chi connectivity index (χ1v) is 5.74. The van der Waals surface area contributed by atoms with E-state index in [1.807, 2.05) is 0 Å². The molecular weight excluding hydrogens is 273 g/mol. The molecule has 4 nitrogen and oxygen atoms in total. The number of benzene rings is 1. The highest BCUT2D eigenvalue weighted by Gasteiger charge is 2.32. The van der Waals surface area contributed by atoms with Gasteiger partial charge in [-0.1, -0.05) is 24.3 Å². The van der Waals surface area contributed by atoms with Crippen LogP contribution in [0.2, 0.25) is 0 Å². The lowest BCUT2D eigenvalue weighted by molar-refractivity contribution is -0.138. The number of hydrogen-bond acceptors (Lipinski definition) is 2. The van der Waals surface area contributed by atoms with Crippen molar-refractivity contribution in [2.45, 2.75) is 19.1 Å². The summed E-state index contributed by atoms with van der Waals surface area (Å²) in [6.45, 7) is 0.198. The van der Waals surface area contributed by atoms with E-state index in [0.29, 0.717) is 5.56 Å². The maximum atomic E-state index is 12.4. The molecule has 20 heavy (non-hydrogen) atoms. The normalized spacial score (nSPS) is 11.6. The first-order valence-electron chi connectivity index (χ1n) is 5.74. The van der Waals surface area contributed by atoms with Gasteiger partial charge in [0.15, 0.2) is 0 Å². The highest BCUT2D eigenvalue weighted by Crippen LogP contribution is 2.28. The molecule has 0 aliphatic heterocycles. The smallest absolute Gasteiger partial charge is 0.419 e. The summed E-state index contributed by atoms with van der Waals surface area (Å²) in [6, 6.07) is 6.62. The Balaban J connectivity index is 2.06. The standard InChI is InChI=1S/C13H11F3N2O2/c14-13(15,16)11-6-17-18(8-11)7-10-3-1-9(2-4-10)5-12(19)20/h1-4,6,8H,5,7H2,(H,19,20). The summed E-state index contributed by atoms with van der Waals surface area (Å²) in [6.07, 6.45) is -2.77. The molecule has 0 aliphatic rings. The fourth-order valence-electron chi connectivity index (χ4n) is 1.72. The Hall–Kier alpha value is -2.31. The van der Waals surface area contributed by atoms with Crippen LogP contribution in [0.15, 0.2) is 36.7 Å². The Morgan fingerprint density at radius 1 is 1.20 bits per heavy atom. The number of nitrogens with zero attached hydrogens (tertiary/aromatic N) is 2. The zero-order valence-corrected chi connectivity index (χ0v) is 10.3. The van der Waals surface area contributed by atoms with Crippen LogP contribution in [-0.4, -0.2) is 20.9 Å². The molecule has 7 heteroatoms. The van der Waals surface area contributed by atoms with Gasteiger partial charge in [0.1, 0.15) is 0 Å². The van der Waals surface area contributed by atoms with Crippen LogP contribution in [0.4, 0.5) is 13.2 Å². The van der Waals surface area contributed by atoms with E-state index >= 15 is 0 Å². The second-order valence-electron chi connectivity index (χ2n) is 4.31. The van der Waals surface area contributed by atoms with E-state index in [4.69, 9.17) is 5.11 Å². The summed E-state index contributed by atoms with van der Waals surface area (Å²) < 4.78 is 38.4. The Kier molecular flexibility index (Phi) is 3.78. The highest BCUT2D eigenvalue weighted by atomic mass is 19.4. The zero-order chi connectivity index (χ0) is 14.8. The molecule has 0 unspecified atom stereocenters. The van der Waals surface area contributed by atoms with E-state index in [-0.39, 0.29) is 13.0 Å². The Morgan fingerprint density at radius 3 is 2.30 bits per heavy atom. The van der Waals surface area contributed by atoms with Crippen LogP contribution in [0, 0.1) is 0 Å². The van der Waals surface area contributed by atoms with Crippen molar-refractivity contribution < 1.29 is 23.1 Å². The van der Waals surface area contributed by atoms with E-state index < -0.39 is 17.7 Å². The minimum Gasteiger partial charge on any atom is -0.481 e. The minimum atomic E-state index is -4.40. The Labute approximate surface area is 112 Å². The third-order valence-corrected chi connectivity index (χ3v) is 2.68. The number of carboxylic acids is 1. The van der Waals surface area contributed by atoms with Crippen LogP contribution in [-0.2, 0) is 23.9 Å². The molecule has 0 amide bonds.